The molecule has 1 aromatic rings. The van der Waals surface area contributed by atoms with E-state index in [-0.39, 0.29) is 0 Å². The number of nitrogens with zero attached hydrogens (tertiary/aromatic N) is 1. The van der Waals surface area contributed by atoms with Gasteiger partial charge in [-0.2, -0.15) is 0 Å². The van der Waals surface area contributed by atoms with E-state index in [1.165, 1.54) is 42.6 Å². The molecule has 3 heteroatoms. The fraction of sp³-hybridized carbons (Fsp3) is 0.600. The molecule has 1 aromatic carbocycles. The second-order valence-electron chi connectivity index (χ2n) is 5.61. The topological polar surface area (TPSA) is 15.3 Å². The van der Waals surface area contributed by atoms with E-state index in [0.717, 1.165) is 11.8 Å². The number of halogens is 1. The van der Waals surface area contributed by atoms with Crippen molar-refractivity contribution < 1.29 is 0 Å². The Kier molecular flexibility index (Phi) is 3.73. The van der Waals surface area contributed by atoms with Crippen molar-refractivity contribution in [1.29, 1.82) is 0 Å². The second-order valence-corrected chi connectivity index (χ2v) is 6.53. The molecule has 0 spiro atoms. The summed E-state index contributed by atoms with van der Waals surface area (Å²) in [6, 6.07) is 9.40. The minimum absolute atomic E-state index is 0.591. The van der Waals surface area contributed by atoms with Crippen LogP contribution in [0.25, 0.3) is 0 Å². The third-order valence-electron chi connectivity index (χ3n) is 4.48. The van der Waals surface area contributed by atoms with Gasteiger partial charge in [-0.25, -0.2) is 0 Å². The molecule has 3 atom stereocenters. The molecule has 2 saturated heterocycles. The average Bonchev–Trinajstić information content (AvgIpc) is 2.91. The Morgan fingerprint density at radius 1 is 1.33 bits per heavy atom. The molecule has 3 rings (SSSR count). The zero-order valence-corrected chi connectivity index (χ0v) is 12.5. The van der Waals surface area contributed by atoms with Crippen LogP contribution in [0.3, 0.4) is 0 Å². The molecular weight excluding hydrogens is 288 g/mol. The first-order valence-corrected chi connectivity index (χ1v) is 7.77. The number of likely N-dealkylation sites (tertiary alicyclic amines) is 1. The first-order chi connectivity index (χ1) is 8.78. The van der Waals surface area contributed by atoms with E-state index in [1.807, 2.05) is 0 Å². The van der Waals surface area contributed by atoms with Crippen LogP contribution < -0.4 is 5.32 Å². The minimum Gasteiger partial charge on any atom is -0.316 e. The molecule has 2 aliphatic rings. The van der Waals surface area contributed by atoms with Gasteiger partial charge in [-0.1, -0.05) is 35.0 Å². The predicted molar refractivity (Wildman–Crippen MR) is 78.6 cm³/mol. The van der Waals surface area contributed by atoms with Gasteiger partial charge in [0.05, 0.1) is 0 Å². The number of hydrogen-bond acceptors (Lipinski definition) is 2. The van der Waals surface area contributed by atoms with Gasteiger partial charge in [0.2, 0.25) is 0 Å². The molecule has 0 aliphatic carbocycles. The standard InChI is InChI=1S/C15H21BrN2/c1-2-15(11-4-3-5-14(16)6-11)18-9-12-7-17-8-13(12)10-18/h3-6,12-13,15,17H,2,7-10H2,1H3/t12-,13+,15?. The highest BCUT2D eigenvalue weighted by atomic mass is 79.9. The van der Waals surface area contributed by atoms with E-state index in [2.05, 4.69) is 57.3 Å². The summed E-state index contributed by atoms with van der Waals surface area (Å²) in [4.78, 5) is 2.69. The lowest BCUT2D eigenvalue weighted by molar-refractivity contribution is 0.222. The van der Waals surface area contributed by atoms with Gasteiger partial charge in [0.1, 0.15) is 0 Å². The number of rotatable bonds is 3. The van der Waals surface area contributed by atoms with Crippen molar-refractivity contribution in [2.45, 2.75) is 19.4 Å². The van der Waals surface area contributed by atoms with Crippen LogP contribution >= 0.6 is 15.9 Å². The first-order valence-electron chi connectivity index (χ1n) is 6.98. The summed E-state index contributed by atoms with van der Waals surface area (Å²) in [6.07, 6.45) is 1.20. The molecule has 0 saturated carbocycles. The maximum atomic E-state index is 3.59. The highest BCUT2D eigenvalue weighted by Crippen LogP contribution is 2.35. The molecular formula is C15H21BrN2. The number of fused-ring (bicyclic) bond motifs is 1. The van der Waals surface area contributed by atoms with Crippen molar-refractivity contribution >= 4 is 15.9 Å². The van der Waals surface area contributed by atoms with Crippen LogP contribution in [0.4, 0.5) is 0 Å². The van der Waals surface area contributed by atoms with Gasteiger partial charge < -0.3 is 5.32 Å². The SMILES string of the molecule is CCC(c1cccc(Br)c1)N1C[C@H]2CNC[C@H]2C1. The molecule has 2 heterocycles. The third-order valence-corrected chi connectivity index (χ3v) is 4.97. The summed E-state index contributed by atoms with van der Waals surface area (Å²) >= 11 is 3.59. The van der Waals surface area contributed by atoms with Crippen LogP contribution in [-0.4, -0.2) is 31.1 Å². The Bertz CT molecular complexity index is 409. The predicted octanol–water partition coefficient (Wildman–Crippen LogP) is 3.05. The molecule has 2 fully saturated rings. The van der Waals surface area contributed by atoms with Crippen molar-refractivity contribution in [3.05, 3.63) is 34.3 Å². The van der Waals surface area contributed by atoms with Crippen LogP contribution in [0.1, 0.15) is 24.9 Å². The summed E-state index contributed by atoms with van der Waals surface area (Å²) in [7, 11) is 0. The van der Waals surface area contributed by atoms with Gasteiger partial charge in [0, 0.05) is 23.6 Å². The molecule has 1 N–H and O–H groups in total. The van der Waals surface area contributed by atoms with E-state index >= 15 is 0 Å². The zero-order chi connectivity index (χ0) is 12.5. The lowest BCUT2D eigenvalue weighted by atomic mass is 10.0. The van der Waals surface area contributed by atoms with Gasteiger partial charge >= 0.3 is 0 Å². The second kappa shape index (κ2) is 5.32. The quantitative estimate of drug-likeness (QED) is 0.923. The summed E-state index contributed by atoms with van der Waals surface area (Å²) < 4.78 is 1.19. The maximum absolute atomic E-state index is 3.59. The first kappa shape index (κ1) is 12.6. The number of hydrogen-bond donors (Lipinski definition) is 1. The molecule has 2 nitrogen and oxygen atoms in total. The van der Waals surface area contributed by atoms with E-state index < -0.39 is 0 Å². The molecule has 0 bridgehead atoms. The van der Waals surface area contributed by atoms with Crippen molar-refractivity contribution in [2.24, 2.45) is 11.8 Å². The Morgan fingerprint density at radius 3 is 2.67 bits per heavy atom. The lowest BCUT2D eigenvalue weighted by Crippen LogP contribution is -2.29. The normalized spacial score (nSPS) is 29.4. The van der Waals surface area contributed by atoms with E-state index in [0.29, 0.717) is 6.04 Å². The van der Waals surface area contributed by atoms with E-state index in [1.54, 1.807) is 0 Å². The minimum atomic E-state index is 0.591. The Hall–Kier alpha value is -0.380. The molecule has 0 radical (unpaired) electrons. The highest BCUT2D eigenvalue weighted by molar-refractivity contribution is 9.10. The van der Waals surface area contributed by atoms with Gasteiger partial charge in [-0.05, 0) is 49.0 Å². The number of benzene rings is 1. The van der Waals surface area contributed by atoms with Crippen LogP contribution in [0, 0.1) is 11.8 Å². The monoisotopic (exact) mass is 308 g/mol. The van der Waals surface area contributed by atoms with E-state index in [9.17, 15) is 0 Å². The molecule has 1 unspecified atom stereocenters. The third kappa shape index (κ3) is 2.36. The van der Waals surface area contributed by atoms with Gasteiger partial charge in [-0.15, -0.1) is 0 Å². The number of nitrogens with one attached hydrogen (secondary N) is 1. The smallest absolute Gasteiger partial charge is 0.0346 e. The van der Waals surface area contributed by atoms with Crippen molar-refractivity contribution in [3.63, 3.8) is 0 Å². The maximum Gasteiger partial charge on any atom is 0.0346 e. The summed E-state index contributed by atoms with van der Waals surface area (Å²) in [6.45, 7) is 7.27. The Morgan fingerprint density at radius 2 is 2.06 bits per heavy atom. The van der Waals surface area contributed by atoms with Crippen molar-refractivity contribution in [2.75, 3.05) is 26.2 Å². The molecule has 2 aliphatic heterocycles. The summed E-state index contributed by atoms with van der Waals surface area (Å²) in [5, 5.41) is 3.52. The van der Waals surface area contributed by atoms with E-state index in [4.69, 9.17) is 0 Å². The molecule has 98 valence electrons. The fourth-order valence-electron chi connectivity index (χ4n) is 3.56. The molecule has 0 amide bonds. The average molecular weight is 309 g/mol. The van der Waals surface area contributed by atoms with Gasteiger partial charge in [-0.3, -0.25) is 4.90 Å². The van der Waals surface area contributed by atoms with Gasteiger partial charge in [0.15, 0.2) is 0 Å². The van der Waals surface area contributed by atoms with Crippen LogP contribution in [0.5, 0.6) is 0 Å². The van der Waals surface area contributed by atoms with Gasteiger partial charge in [0.25, 0.3) is 0 Å². The zero-order valence-electron chi connectivity index (χ0n) is 10.9. The Labute approximate surface area is 118 Å². The lowest BCUT2D eigenvalue weighted by Gasteiger charge is -2.28. The summed E-state index contributed by atoms with van der Waals surface area (Å²) in [5.41, 5.74) is 1.46. The largest absolute Gasteiger partial charge is 0.316 e. The van der Waals surface area contributed by atoms with Crippen molar-refractivity contribution in [1.82, 2.24) is 10.2 Å². The molecule has 0 aromatic heterocycles. The fourth-order valence-corrected chi connectivity index (χ4v) is 3.98. The summed E-state index contributed by atoms with van der Waals surface area (Å²) in [5.74, 6) is 1.76. The van der Waals surface area contributed by atoms with Crippen LogP contribution in [-0.2, 0) is 0 Å². The Balaban J connectivity index is 1.77. The molecule has 18 heavy (non-hydrogen) atoms. The van der Waals surface area contributed by atoms with Crippen LogP contribution in [0.2, 0.25) is 0 Å². The van der Waals surface area contributed by atoms with Crippen molar-refractivity contribution in [3.8, 4) is 0 Å². The van der Waals surface area contributed by atoms with Crippen LogP contribution in [0.15, 0.2) is 28.7 Å². The highest BCUT2D eigenvalue weighted by Gasteiger charge is 2.38.